The lowest BCUT2D eigenvalue weighted by molar-refractivity contribution is 0.658. The predicted octanol–water partition coefficient (Wildman–Crippen LogP) is 3.91. The molecule has 0 bridgehead atoms. The number of halogens is 1. The summed E-state index contributed by atoms with van der Waals surface area (Å²) in [5, 5.41) is 1.00. The normalized spacial score (nSPS) is 11.0. The Morgan fingerprint density at radius 1 is 1.38 bits per heavy atom. The summed E-state index contributed by atoms with van der Waals surface area (Å²) in [6.45, 7) is 4.19. The van der Waals surface area contributed by atoms with Gasteiger partial charge in [-0.25, -0.2) is 0 Å². The quantitative estimate of drug-likeness (QED) is 0.645. The Hall–Kier alpha value is -0.890. The van der Waals surface area contributed by atoms with Crippen LogP contribution in [0.25, 0.3) is 10.1 Å². The second-order valence-electron chi connectivity index (χ2n) is 3.18. The maximum Gasteiger partial charge on any atom is 0.177 e. The van der Waals surface area contributed by atoms with Crippen LogP contribution in [0.2, 0.25) is 0 Å². The van der Waals surface area contributed by atoms with E-state index >= 15 is 0 Å². The van der Waals surface area contributed by atoms with E-state index in [-0.39, 0.29) is 5.13 Å². The maximum atomic E-state index is 13.0. The molecule has 0 aliphatic heterocycles. The van der Waals surface area contributed by atoms with Crippen LogP contribution in [0.4, 0.5) is 4.39 Å². The van der Waals surface area contributed by atoms with Crippen LogP contribution in [0.5, 0.6) is 0 Å². The monoisotopic (exact) mass is 194 g/mol. The average Bonchev–Trinajstić information content (AvgIpc) is 2.45. The largest absolute Gasteiger partial charge is 0.195 e. The van der Waals surface area contributed by atoms with Gasteiger partial charge in [0.05, 0.1) is 0 Å². The van der Waals surface area contributed by atoms with E-state index in [1.165, 1.54) is 22.5 Å². The van der Waals surface area contributed by atoms with Gasteiger partial charge in [0.15, 0.2) is 5.13 Å². The van der Waals surface area contributed by atoms with Gasteiger partial charge in [-0.05, 0) is 42.0 Å². The molecular formula is C11H11FS. The van der Waals surface area contributed by atoms with Gasteiger partial charge in [-0.1, -0.05) is 13.0 Å². The van der Waals surface area contributed by atoms with Gasteiger partial charge in [-0.2, -0.15) is 4.39 Å². The lowest BCUT2D eigenvalue weighted by atomic mass is 10.0. The highest BCUT2D eigenvalue weighted by molar-refractivity contribution is 7.17. The number of aryl methyl sites for hydroxylation is 2. The number of fused-ring (bicyclic) bond motifs is 1. The zero-order chi connectivity index (χ0) is 9.42. The third-order valence-electron chi connectivity index (χ3n) is 2.37. The SMILES string of the molecule is CCc1c(C)ccc2sc(F)cc12. The van der Waals surface area contributed by atoms with Crippen LogP contribution in [0.15, 0.2) is 18.2 Å². The molecule has 2 aromatic rings. The van der Waals surface area contributed by atoms with E-state index in [1.54, 1.807) is 6.07 Å². The summed E-state index contributed by atoms with van der Waals surface area (Å²) in [6.07, 6.45) is 0.972. The van der Waals surface area contributed by atoms with E-state index in [0.29, 0.717) is 0 Å². The molecule has 0 atom stereocenters. The zero-order valence-corrected chi connectivity index (χ0v) is 8.54. The van der Waals surface area contributed by atoms with Crippen LogP contribution in [0.3, 0.4) is 0 Å². The molecule has 0 N–H and O–H groups in total. The Balaban J connectivity index is 2.82. The van der Waals surface area contributed by atoms with Crippen molar-refractivity contribution in [2.75, 3.05) is 0 Å². The Morgan fingerprint density at radius 3 is 2.85 bits per heavy atom. The molecule has 1 heterocycles. The fraction of sp³-hybridized carbons (Fsp3) is 0.273. The van der Waals surface area contributed by atoms with Crippen LogP contribution in [0, 0.1) is 12.1 Å². The van der Waals surface area contributed by atoms with Gasteiger partial charge in [-0.3, -0.25) is 0 Å². The molecule has 0 saturated carbocycles. The minimum Gasteiger partial charge on any atom is -0.195 e. The molecule has 0 nitrogen and oxygen atoms in total. The lowest BCUT2D eigenvalue weighted by Gasteiger charge is -2.03. The fourth-order valence-electron chi connectivity index (χ4n) is 1.72. The number of hydrogen-bond acceptors (Lipinski definition) is 1. The first-order chi connectivity index (χ1) is 6.22. The molecule has 2 rings (SSSR count). The first-order valence-electron chi connectivity index (χ1n) is 4.40. The van der Waals surface area contributed by atoms with E-state index in [1.807, 2.05) is 6.07 Å². The Morgan fingerprint density at radius 2 is 2.15 bits per heavy atom. The van der Waals surface area contributed by atoms with E-state index in [0.717, 1.165) is 16.5 Å². The molecule has 0 radical (unpaired) electrons. The smallest absolute Gasteiger partial charge is 0.177 e. The molecule has 0 aliphatic carbocycles. The van der Waals surface area contributed by atoms with Crippen LogP contribution >= 0.6 is 11.3 Å². The molecule has 68 valence electrons. The Bertz CT molecular complexity index is 443. The zero-order valence-electron chi connectivity index (χ0n) is 7.73. The van der Waals surface area contributed by atoms with Crippen molar-refractivity contribution in [3.05, 3.63) is 34.5 Å². The minimum absolute atomic E-state index is 0.0877. The fourth-order valence-corrected chi connectivity index (χ4v) is 2.53. The van der Waals surface area contributed by atoms with Crippen molar-refractivity contribution in [1.29, 1.82) is 0 Å². The van der Waals surface area contributed by atoms with Gasteiger partial charge in [0, 0.05) is 4.70 Å². The molecule has 0 saturated heterocycles. The van der Waals surface area contributed by atoms with Crippen molar-refractivity contribution in [2.24, 2.45) is 0 Å². The van der Waals surface area contributed by atoms with Crippen molar-refractivity contribution < 1.29 is 4.39 Å². The Kier molecular flexibility index (Phi) is 2.08. The summed E-state index contributed by atoms with van der Waals surface area (Å²) >= 11 is 1.22. The van der Waals surface area contributed by atoms with Crippen molar-refractivity contribution >= 4 is 21.4 Å². The molecule has 0 fully saturated rings. The summed E-state index contributed by atoms with van der Waals surface area (Å²) in [4.78, 5) is 0. The maximum absolute atomic E-state index is 13.0. The van der Waals surface area contributed by atoms with Gasteiger partial charge < -0.3 is 0 Å². The number of thiophene rings is 1. The molecule has 0 spiro atoms. The second-order valence-corrected chi connectivity index (χ2v) is 4.21. The molecule has 0 amide bonds. The third kappa shape index (κ3) is 1.35. The third-order valence-corrected chi connectivity index (χ3v) is 3.26. The van der Waals surface area contributed by atoms with Crippen LogP contribution < -0.4 is 0 Å². The first-order valence-corrected chi connectivity index (χ1v) is 5.21. The van der Waals surface area contributed by atoms with E-state index in [2.05, 4.69) is 19.9 Å². The summed E-state index contributed by atoms with van der Waals surface area (Å²) in [5.74, 6) is 0. The molecule has 13 heavy (non-hydrogen) atoms. The summed E-state index contributed by atoms with van der Waals surface area (Å²) < 4.78 is 14.0. The van der Waals surface area contributed by atoms with Crippen LogP contribution in [0.1, 0.15) is 18.1 Å². The van der Waals surface area contributed by atoms with Crippen molar-refractivity contribution in [2.45, 2.75) is 20.3 Å². The lowest BCUT2D eigenvalue weighted by Crippen LogP contribution is -1.85. The first kappa shape index (κ1) is 8.70. The minimum atomic E-state index is -0.0877. The van der Waals surface area contributed by atoms with E-state index in [9.17, 15) is 4.39 Å². The molecule has 2 heteroatoms. The Labute approximate surface area is 81.0 Å². The molecular weight excluding hydrogens is 183 g/mol. The highest BCUT2D eigenvalue weighted by Gasteiger charge is 2.06. The molecule has 1 aromatic carbocycles. The number of benzene rings is 1. The van der Waals surface area contributed by atoms with Crippen molar-refractivity contribution in [3.63, 3.8) is 0 Å². The summed E-state index contributed by atoms with van der Waals surface area (Å²) in [5.41, 5.74) is 2.53. The van der Waals surface area contributed by atoms with E-state index < -0.39 is 0 Å². The van der Waals surface area contributed by atoms with Crippen molar-refractivity contribution in [1.82, 2.24) is 0 Å². The van der Waals surface area contributed by atoms with Crippen molar-refractivity contribution in [3.8, 4) is 0 Å². The summed E-state index contributed by atoms with van der Waals surface area (Å²) in [7, 11) is 0. The average molecular weight is 194 g/mol. The van der Waals surface area contributed by atoms with E-state index in [4.69, 9.17) is 0 Å². The number of rotatable bonds is 1. The topological polar surface area (TPSA) is 0 Å². The van der Waals surface area contributed by atoms with Gasteiger partial charge in [0.1, 0.15) is 0 Å². The van der Waals surface area contributed by atoms with Crippen LogP contribution in [-0.2, 0) is 6.42 Å². The van der Waals surface area contributed by atoms with Gasteiger partial charge in [0.2, 0.25) is 0 Å². The molecule has 1 aromatic heterocycles. The molecule has 0 unspecified atom stereocenters. The highest BCUT2D eigenvalue weighted by Crippen LogP contribution is 2.29. The molecule has 0 aliphatic rings. The second kappa shape index (κ2) is 3.11. The predicted molar refractivity (Wildman–Crippen MR) is 55.9 cm³/mol. The summed E-state index contributed by atoms with van der Waals surface area (Å²) in [6, 6.07) is 5.71. The van der Waals surface area contributed by atoms with Gasteiger partial charge in [0.25, 0.3) is 0 Å². The highest BCUT2D eigenvalue weighted by atomic mass is 32.1. The standard InChI is InChI=1S/C11H11FS/c1-3-8-7(2)4-5-10-9(8)6-11(12)13-10/h4-6H,3H2,1-2H3. The van der Waals surface area contributed by atoms with Gasteiger partial charge >= 0.3 is 0 Å². The number of hydrogen-bond donors (Lipinski definition) is 0. The van der Waals surface area contributed by atoms with Crippen LogP contribution in [-0.4, -0.2) is 0 Å². The van der Waals surface area contributed by atoms with Gasteiger partial charge in [-0.15, -0.1) is 11.3 Å².